The first kappa shape index (κ1) is 19.0. The van der Waals surface area contributed by atoms with E-state index in [9.17, 15) is 5.11 Å². The van der Waals surface area contributed by atoms with E-state index in [-0.39, 0.29) is 6.61 Å². The van der Waals surface area contributed by atoms with Crippen LogP contribution in [0.1, 0.15) is 31.2 Å². The van der Waals surface area contributed by atoms with Gasteiger partial charge in [0.1, 0.15) is 12.7 Å². The second-order valence-electron chi connectivity index (χ2n) is 8.17. The van der Waals surface area contributed by atoms with Crippen LogP contribution in [-0.4, -0.2) is 67.7 Å². The molecule has 3 atom stereocenters. The summed E-state index contributed by atoms with van der Waals surface area (Å²) in [6.07, 6.45) is 4.69. The lowest BCUT2D eigenvalue weighted by Crippen LogP contribution is -2.34. The third kappa shape index (κ3) is 4.74. The van der Waals surface area contributed by atoms with E-state index in [1.807, 2.05) is 23.3 Å². The molecule has 2 saturated heterocycles. The Hall–Kier alpha value is -1.34. The van der Waals surface area contributed by atoms with Crippen LogP contribution < -0.4 is 9.47 Å². The van der Waals surface area contributed by atoms with Gasteiger partial charge in [-0.2, -0.15) is 5.06 Å². The largest absolute Gasteiger partial charge is 0.493 e. The molecule has 1 aromatic rings. The fourth-order valence-corrected chi connectivity index (χ4v) is 4.78. The molecule has 0 aromatic heterocycles. The van der Waals surface area contributed by atoms with Gasteiger partial charge in [-0.3, -0.25) is 4.84 Å². The standard InChI is InChI=1S/C21H32N2O4/c1-25-20-7-6-16(11-23-8-3-9-27-23)10-21(20)26-15-19(24)14-22-12-17-4-2-5-18(17)13-22/h6-7,10,17-19,24H,2-5,8-9,11-15H2,1H3/t17-,18+,19?. The minimum Gasteiger partial charge on any atom is -0.493 e. The van der Waals surface area contributed by atoms with Gasteiger partial charge < -0.3 is 19.5 Å². The van der Waals surface area contributed by atoms with E-state index in [2.05, 4.69) is 4.90 Å². The maximum Gasteiger partial charge on any atom is 0.161 e. The molecule has 1 aliphatic carbocycles. The van der Waals surface area contributed by atoms with Gasteiger partial charge in [0, 0.05) is 32.7 Å². The fraction of sp³-hybridized carbons (Fsp3) is 0.714. The summed E-state index contributed by atoms with van der Waals surface area (Å²) in [4.78, 5) is 7.98. The Bertz CT molecular complexity index is 608. The molecule has 0 spiro atoms. The third-order valence-electron chi connectivity index (χ3n) is 6.11. The molecular weight excluding hydrogens is 344 g/mol. The van der Waals surface area contributed by atoms with E-state index < -0.39 is 6.10 Å². The van der Waals surface area contributed by atoms with Crippen LogP contribution in [0.5, 0.6) is 11.5 Å². The molecule has 1 saturated carbocycles. The Labute approximate surface area is 161 Å². The van der Waals surface area contributed by atoms with Gasteiger partial charge in [-0.05, 0) is 48.8 Å². The van der Waals surface area contributed by atoms with Crippen molar-refractivity contribution in [2.24, 2.45) is 11.8 Å². The number of hydrogen-bond acceptors (Lipinski definition) is 6. The highest BCUT2D eigenvalue weighted by Gasteiger charge is 2.36. The highest BCUT2D eigenvalue weighted by molar-refractivity contribution is 5.43. The molecule has 0 amide bonds. The highest BCUT2D eigenvalue weighted by Crippen LogP contribution is 2.37. The number of methoxy groups -OCH3 is 1. The summed E-state index contributed by atoms with van der Waals surface area (Å²) in [6.45, 7) is 5.73. The molecule has 2 aliphatic heterocycles. The maximum atomic E-state index is 10.5. The molecule has 0 bridgehead atoms. The number of hydrogen-bond donors (Lipinski definition) is 1. The SMILES string of the molecule is COc1ccc(CN2CCCO2)cc1OCC(O)CN1C[C@H]2CCC[C@H]2C1. The first-order valence-electron chi connectivity index (χ1n) is 10.3. The molecule has 150 valence electrons. The molecular formula is C21H32N2O4. The van der Waals surface area contributed by atoms with Crippen molar-refractivity contribution in [1.29, 1.82) is 0 Å². The maximum absolute atomic E-state index is 10.5. The van der Waals surface area contributed by atoms with Crippen molar-refractivity contribution in [3.8, 4) is 11.5 Å². The molecule has 3 aliphatic rings. The summed E-state index contributed by atoms with van der Waals surface area (Å²) >= 11 is 0. The fourth-order valence-electron chi connectivity index (χ4n) is 4.78. The zero-order chi connectivity index (χ0) is 18.6. The summed E-state index contributed by atoms with van der Waals surface area (Å²) in [7, 11) is 1.64. The van der Waals surface area contributed by atoms with Crippen molar-refractivity contribution in [3.05, 3.63) is 23.8 Å². The van der Waals surface area contributed by atoms with Crippen LogP contribution in [-0.2, 0) is 11.4 Å². The van der Waals surface area contributed by atoms with Gasteiger partial charge in [0.25, 0.3) is 0 Å². The number of aliphatic hydroxyl groups excluding tert-OH is 1. The number of benzene rings is 1. The van der Waals surface area contributed by atoms with Crippen molar-refractivity contribution in [1.82, 2.24) is 9.96 Å². The van der Waals surface area contributed by atoms with Crippen molar-refractivity contribution >= 4 is 0 Å². The Balaban J connectivity index is 1.29. The molecule has 1 unspecified atom stereocenters. The van der Waals surface area contributed by atoms with Crippen LogP contribution >= 0.6 is 0 Å². The van der Waals surface area contributed by atoms with Crippen LogP contribution in [0.2, 0.25) is 0 Å². The number of aliphatic hydroxyl groups is 1. The van der Waals surface area contributed by atoms with Gasteiger partial charge >= 0.3 is 0 Å². The molecule has 27 heavy (non-hydrogen) atoms. The summed E-state index contributed by atoms with van der Waals surface area (Å²) in [5.41, 5.74) is 1.12. The monoisotopic (exact) mass is 376 g/mol. The molecule has 0 radical (unpaired) electrons. The Morgan fingerprint density at radius 2 is 2.00 bits per heavy atom. The highest BCUT2D eigenvalue weighted by atomic mass is 16.7. The summed E-state index contributed by atoms with van der Waals surface area (Å²) < 4.78 is 11.4. The van der Waals surface area contributed by atoms with Crippen LogP contribution in [0.15, 0.2) is 18.2 Å². The van der Waals surface area contributed by atoms with Crippen molar-refractivity contribution < 1.29 is 19.4 Å². The molecule has 4 rings (SSSR count). The van der Waals surface area contributed by atoms with E-state index in [1.54, 1.807) is 7.11 Å². The van der Waals surface area contributed by atoms with E-state index in [4.69, 9.17) is 14.3 Å². The van der Waals surface area contributed by atoms with Crippen molar-refractivity contribution in [2.45, 2.75) is 38.3 Å². The minimum absolute atomic E-state index is 0.284. The van der Waals surface area contributed by atoms with Crippen LogP contribution in [0.3, 0.4) is 0 Å². The topological polar surface area (TPSA) is 54.4 Å². The molecule has 2 heterocycles. The van der Waals surface area contributed by atoms with Crippen LogP contribution in [0.4, 0.5) is 0 Å². The molecule has 6 nitrogen and oxygen atoms in total. The predicted molar refractivity (Wildman–Crippen MR) is 103 cm³/mol. The number of hydroxylamine groups is 2. The molecule has 1 aromatic carbocycles. The van der Waals surface area contributed by atoms with Gasteiger partial charge in [0.2, 0.25) is 0 Å². The molecule has 6 heteroatoms. The molecule has 3 fully saturated rings. The number of rotatable bonds is 8. The Morgan fingerprint density at radius 3 is 2.70 bits per heavy atom. The van der Waals surface area contributed by atoms with Crippen LogP contribution in [0, 0.1) is 11.8 Å². The lowest BCUT2D eigenvalue weighted by molar-refractivity contribution is -0.117. The number of likely N-dealkylation sites (tertiary alicyclic amines) is 1. The van der Waals surface area contributed by atoms with E-state index in [0.717, 1.165) is 56.6 Å². The summed E-state index contributed by atoms with van der Waals surface area (Å²) in [5, 5.41) is 12.4. The second kappa shape index (κ2) is 8.78. The van der Waals surface area contributed by atoms with E-state index in [1.165, 1.54) is 19.3 Å². The first-order chi connectivity index (χ1) is 13.2. The lowest BCUT2D eigenvalue weighted by atomic mass is 10.0. The quantitative estimate of drug-likeness (QED) is 0.751. The Morgan fingerprint density at radius 1 is 1.19 bits per heavy atom. The summed E-state index contributed by atoms with van der Waals surface area (Å²) in [5.74, 6) is 3.08. The third-order valence-corrected chi connectivity index (χ3v) is 6.11. The van der Waals surface area contributed by atoms with E-state index >= 15 is 0 Å². The number of nitrogens with zero attached hydrogens (tertiary/aromatic N) is 2. The van der Waals surface area contributed by atoms with Gasteiger partial charge in [-0.25, -0.2) is 0 Å². The number of β-amino-alcohol motifs (C(OH)–C–C–N with tert-alkyl or cyclic N) is 1. The van der Waals surface area contributed by atoms with Crippen molar-refractivity contribution in [3.63, 3.8) is 0 Å². The average molecular weight is 376 g/mol. The van der Waals surface area contributed by atoms with Gasteiger partial charge in [-0.15, -0.1) is 0 Å². The summed E-state index contributed by atoms with van der Waals surface area (Å²) in [6, 6.07) is 5.95. The van der Waals surface area contributed by atoms with Gasteiger partial charge in [0.15, 0.2) is 11.5 Å². The Kier molecular flexibility index (Phi) is 6.18. The second-order valence-corrected chi connectivity index (χ2v) is 8.17. The van der Waals surface area contributed by atoms with Crippen molar-refractivity contribution in [2.75, 3.05) is 46.5 Å². The lowest BCUT2D eigenvalue weighted by Gasteiger charge is -2.22. The smallest absolute Gasteiger partial charge is 0.161 e. The predicted octanol–water partition coefficient (Wildman–Crippen LogP) is 2.30. The average Bonchev–Trinajstić information content (AvgIpc) is 3.38. The minimum atomic E-state index is -0.487. The zero-order valence-electron chi connectivity index (χ0n) is 16.3. The first-order valence-corrected chi connectivity index (χ1v) is 10.3. The van der Waals surface area contributed by atoms with Crippen LogP contribution in [0.25, 0.3) is 0 Å². The number of fused-ring (bicyclic) bond motifs is 1. The van der Waals surface area contributed by atoms with Gasteiger partial charge in [-0.1, -0.05) is 12.5 Å². The van der Waals surface area contributed by atoms with Gasteiger partial charge in [0.05, 0.1) is 13.7 Å². The zero-order valence-corrected chi connectivity index (χ0v) is 16.3. The number of ether oxygens (including phenoxy) is 2. The normalized spacial score (nSPS) is 27.0. The van der Waals surface area contributed by atoms with E-state index in [0.29, 0.717) is 18.0 Å². The molecule has 1 N–H and O–H groups in total.